The molecule has 0 saturated heterocycles. The maximum atomic E-state index is 12.7. The van der Waals surface area contributed by atoms with Crippen LogP contribution in [0.4, 0.5) is 11.5 Å². The van der Waals surface area contributed by atoms with Gasteiger partial charge in [-0.15, -0.1) is 0 Å². The monoisotopic (exact) mass is 464 g/mol. The number of carbonyl (C=O) groups is 2. The number of pyridine rings is 1. The summed E-state index contributed by atoms with van der Waals surface area (Å²) in [7, 11) is 0. The minimum absolute atomic E-state index is 0.0235. The van der Waals surface area contributed by atoms with Gasteiger partial charge in [0.2, 0.25) is 0 Å². The zero-order chi connectivity index (χ0) is 25.4. The lowest BCUT2D eigenvalue weighted by Gasteiger charge is -2.15. The maximum absolute atomic E-state index is 12.7. The fourth-order valence-corrected chi connectivity index (χ4v) is 3.58. The van der Waals surface area contributed by atoms with E-state index in [-0.39, 0.29) is 17.8 Å². The summed E-state index contributed by atoms with van der Waals surface area (Å²) in [5.41, 5.74) is 11.0. The Kier molecular flexibility index (Phi) is 9.57. The van der Waals surface area contributed by atoms with Crippen LogP contribution in [0.2, 0.25) is 0 Å². The summed E-state index contributed by atoms with van der Waals surface area (Å²) < 4.78 is 0. The Labute approximate surface area is 202 Å². The zero-order valence-electron chi connectivity index (χ0n) is 20.9. The number of anilines is 2. The highest BCUT2D eigenvalue weighted by molar-refractivity contribution is 6.00. The van der Waals surface area contributed by atoms with Crippen molar-refractivity contribution in [3.05, 3.63) is 64.9 Å². The summed E-state index contributed by atoms with van der Waals surface area (Å²) in [6.45, 7) is 11.6. The van der Waals surface area contributed by atoms with Gasteiger partial charge in [0, 0.05) is 23.5 Å². The van der Waals surface area contributed by atoms with Crippen LogP contribution in [0.3, 0.4) is 0 Å². The van der Waals surface area contributed by atoms with Crippen LogP contribution in [0.5, 0.6) is 0 Å². The third kappa shape index (κ3) is 6.78. The zero-order valence-corrected chi connectivity index (χ0v) is 20.9. The van der Waals surface area contributed by atoms with Crippen molar-refractivity contribution in [2.75, 3.05) is 11.1 Å². The van der Waals surface area contributed by atoms with Crippen molar-refractivity contribution in [3.8, 4) is 11.1 Å². The van der Waals surface area contributed by atoms with Gasteiger partial charge in [0.1, 0.15) is 5.82 Å². The summed E-state index contributed by atoms with van der Waals surface area (Å²) in [5.74, 6) is -0.606. The summed E-state index contributed by atoms with van der Waals surface area (Å²) in [4.78, 5) is 29.3. The molecule has 1 atom stereocenters. The summed E-state index contributed by atoms with van der Waals surface area (Å²) in [6, 6.07) is 7.11. The number of rotatable bonds is 9. The molecule has 182 valence electrons. The first kappa shape index (κ1) is 26.8. The number of hydrogen-bond donors (Lipinski definition) is 4. The van der Waals surface area contributed by atoms with Crippen molar-refractivity contribution < 1.29 is 14.7 Å². The number of benzene rings is 1. The first-order valence-corrected chi connectivity index (χ1v) is 11.6. The SMILES string of the molecule is C/C=C(\C=C(CC)CC)C(O)C(=O)Nc1ccc(-c2cnc(N)c(C(=O)NC(C)C)c2)c(C)c1. The van der Waals surface area contributed by atoms with Crippen LogP contribution in [-0.4, -0.2) is 34.1 Å². The second kappa shape index (κ2) is 12.1. The van der Waals surface area contributed by atoms with E-state index in [1.165, 1.54) is 5.57 Å². The molecule has 0 spiro atoms. The number of aryl methyl sites for hydroxylation is 1. The maximum Gasteiger partial charge on any atom is 0.257 e. The highest BCUT2D eigenvalue weighted by Gasteiger charge is 2.19. The molecule has 1 heterocycles. The van der Waals surface area contributed by atoms with Crippen molar-refractivity contribution >= 4 is 23.3 Å². The van der Waals surface area contributed by atoms with Gasteiger partial charge in [-0.2, -0.15) is 0 Å². The van der Waals surface area contributed by atoms with Crippen LogP contribution in [0.15, 0.2) is 53.8 Å². The van der Waals surface area contributed by atoms with Gasteiger partial charge in [0.25, 0.3) is 11.8 Å². The van der Waals surface area contributed by atoms with Gasteiger partial charge in [0.15, 0.2) is 6.10 Å². The molecule has 2 amide bonds. The van der Waals surface area contributed by atoms with Crippen LogP contribution in [-0.2, 0) is 4.79 Å². The number of nitrogens with two attached hydrogens (primary N) is 1. The Morgan fingerprint density at radius 1 is 1.18 bits per heavy atom. The van der Waals surface area contributed by atoms with E-state index < -0.39 is 12.0 Å². The number of aliphatic hydroxyl groups excluding tert-OH is 1. The van der Waals surface area contributed by atoms with Crippen molar-refractivity contribution in [1.29, 1.82) is 0 Å². The number of allylic oxidation sites excluding steroid dienone is 2. The second-order valence-electron chi connectivity index (χ2n) is 8.50. The van der Waals surface area contributed by atoms with Gasteiger partial charge in [-0.3, -0.25) is 9.59 Å². The molecule has 7 heteroatoms. The van der Waals surface area contributed by atoms with Crippen molar-refractivity contribution in [3.63, 3.8) is 0 Å². The second-order valence-corrected chi connectivity index (χ2v) is 8.50. The lowest BCUT2D eigenvalue weighted by molar-refractivity contribution is -0.122. The molecule has 0 aliphatic rings. The van der Waals surface area contributed by atoms with Gasteiger partial charge in [-0.1, -0.05) is 37.6 Å². The number of nitrogen functional groups attached to an aromatic ring is 1. The number of aromatic nitrogens is 1. The van der Waals surface area contributed by atoms with Gasteiger partial charge < -0.3 is 21.5 Å². The third-order valence-electron chi connectivity index (χ3n) is 5.56. The predicted octanol–water partition coefficient (Wildman–Crippen LogP) is 4.77. The van der Waals surface area contributed by atoms with Crippen LogP contribution in [0.1, 0.15) is 63.4 Å². The van der Waals surface area contributed by atoms with E-state index in [9.17, 15) is 14.7 Å². The molecule has 2 rings (SSSR count). The lowest BCUT2D eigenvalue weighted by Crippen LogP contribution is -2.30. The Bertz CT molecular complexity index is 1100. The van der Waals surface area contributed by atoms with E-state index in [4.69, 9.17) is 5.73 Å². The number of amides is 2. The highest BCUT2D eigenvalue weighted by atomic mass is 16.3. The molecule has 1 aromatic heterocycles. The predicted molar refractivity (Wildman–Crippen MR) is 138 cm³/mol. The van der Waals surface area contributed by atoms with Gasteiger partial charge in [0.05, 0.1) is 5.56 Å². The summed E-state index contributed by atoms with van der Waals surface area (Å²) in [6.07, 6.45) is 5.73. The smallest absolute Gasteiger partial charge is 0.257 e. The number of carbonyl (C=O) groups excluding carboxylic acids is 2. The fourth-order valence-electron chi connectivity index (χ4n) is 3.58. The van der Waals surface area contributed by atoms with Gasteiger partial charge >= 0.3 is 0 Å². The molecule has 7 nitrogen and oxygen atoms in total. The molecule has 5 N–H and O–H groups in total. The molecule has 0 fully saturated rings. The van der Waals surface area contributed by atoms with E-state index in [2.05, 4.69) is 29.5 Å². The van der Waals surface area contributed by atoms with E-state index in [1.54, 1.807) is 31.3 Å². The number of nitrogens with one attached hydrogen (secondary N) is 2. The fraction of sp³-hybridized carbons (Fsp3) is 0.370. The molecule has 0 aliphatic carbocycles. The Morgan fingerprint density at radius 2 is 1.85 bits per heavy atom. The molecule has 34 heavy (non-hydrogen) atoms. The largest absolute Gasteiger partial charge is 0.383 e. The first-order chi connectivity index (χ1) is 16.1. The minimum Gasteiger partial charge on any atom is -0.383 e. The normalized spacial score (nSPS) is 12.3. The van der Waals surface area contributed by atoms with Crippen LogP contribution < -0.4 is 16.4 Å². The molecule has 1 unspecified atom stereocenters. The lowest BCUT2D eigenvalue weighted by atomic mass is 9.99. The van der Waals surface area contributed by atoms with E-state index in [0.29, 0.717) is 16.8 Å². The number of hydrogen-bond acceptors (Lipinski definition) is 5. The molecule has 0 bridgehead atoms. The van der Waals surface area contributed by atoms with Crippen molar-refractivity contribution in [2.24, 2.45) is 0 Å². The highest BCUT2D eigenvalue weighted by Crippen LogP contribution is 2.28. The van der Waals surface area contributed by atoms with E-state index in [1.807, 2.05) is 39.0 Å². The minimum atomic E-state index is -1.26. The average molecular weight is 465 g/mol. The molecule has 0 aliphatic heterocycles. The van der Waals surface area contributed by atoms with Gasteiger partial charge in [-0.25, -0.2) is 4.98 Å². The molecular formula is C27H36N4O3. The third-order valence-corrected chi connectivity index (χ3v) is 5.56. The Hall–Kier alpha value is -3.45. The van der Waals surface area contributed by atoms with Crippen molar-refractivity contribution in [2.45, 2.75) is 66.5 Å². The summed E-state index contributed by atoms with van der Waals surface area (Å²) in [5, 5.41) is 16.2. The molecule has 0 saturated carbocycles. The first-order valence-electron chi connectivity index (χ1n) is 11.6. The van der Waals surface area contributed by atoms with Crippen LogP contribution in [0.25, 0.3) is 11.1 Å². The van der Waals surface area contributed by atoms with Gasteiger partial charge in [-0.05, 0) is 75.4 Å². The number of nitrogens with zero attached hydrogens (tertiary/aromatic N) is 1. The van der Waals surface area contributed by atoms with Crippen LogP contribution >= 0.6 is 0 Å². The topological polar surface area (TPSA) is 117 Å². The molecule has 2 aromatic rings. The van der Waals surface area contributed by atoms with E-state index >= 15 is 0 Å². The molecular weight excluding hydrogens is 428 g/mol. The average Bonchev–Trinajstić information content (AvgIpc) is 2.79. The van der Waals surface area contributed by atoms with E-state index in [0.717, 1.165) is 29.5 Å². The Morgan fingerprint density at radius 3 is 2.41 bits per heavy atom. The van der Waals surface area contributed by atoms with Crippen LogP contribution in [0, 0.1) is 6.92 Å². The Balaban J connectivity index is 2.25. The summed E-state index contributed by atoms with van der Waals surface area (Å²) >= 11 is 0. The van der Waals surface area contributed by atoms with Crippen molar-refractivity contribution in [1.82, 2.24) is 10.3 Å². The standard InChI is InChI=1S/C27H36N4O3/c1-7-18(8-2)13-19(9-3)24(32)27(34)31-21-10-11-22(17(6)12-21)20-14-23(25(28)29-15-20)26(33)30-16(4)5/h9-16,24,32H,7-8H2,1-6H3,(H2,28,29)(H,30,33)(H,31,34)/b19-9+. The quantitative estimate of drug-likeness (QED) is 0.399. The molecule has 1 aromatic carbocycles. The molecule has 0 radical (unpaired) electrons. The number of aliphatic hydroxyl groups is 1.